The summed E-state index contributed by atoms with van der Waals surface area (Å²) < 4.78 is 0. The second kappa shape index (κ2) is 10.6. The van der Waals surface area contributed by atoms with Gasteiger partial charge in [0.2, 0.25) is 5.91 Å². The van der Waals surface area contributed by atoms with Gasteiger partial charge in [-0.15, -0.1) is 0 Å². The number of carbonyl (C=O) groups excluding carboxylic acids is 1. The van der Waals surface area contributed by atoms with Crippen molar-refractivity contribution in [3.05, 3.63) is 29.8 Å². The Morgan fingerprint density at radius 3 is 2.68 bits per heavy atom. The summed E-state index contributed by atoms with van der Waals surface area (Å²) in [5.74, 6) is 0.174. The maximum absolute atomic E-state index is 12.5. The van der Waals surface area contributed by atoms with Crippen molar-refractivity contribution in [2.24, 2.45) is 5.92 Å². The zero-order chi connectivity index (χ0) is 18.1. The van der Waals surface area contributed by atoms with Crippen LogP contribution >= 0.6 is 0 Å². The van der Waals surface area contributed by atoms with E-state index in [-0.39, 0.29) is 17.9 Å². The minimum atomic E-state index is -0.153. The monoisotopic (exact) mass is 346 g/mol. The molecule has 25 heavy (non-hydrogen) atoms. The molecule has 0 radical (unpaired) electrons. The van der Waals surface area contributed by atoms with E-state index in [4.69, 9.17) is 0 Å². The third-order valence-corrected chi connectivity index (χ3v) is 5.16. The number of nitrogens with zero attached hydrogens (tertiary/aromatic N) is 1. The summed E-state index contributed by atoms with van der Waals surface area (Å²) in [6, 6.07) is 8.09. The van der Waals surface area contributed by atoms with Gasteiger partial charge in [0.05, 0.1) is 6.10 Å². The Balaban J connectivity index is 1.87. The first-order valence-electron chi connectivity index (χ1n) is 9.89. The molecule has 1 heterocycles. The fourth-order valence-electron chi connectivity index (χ4n) is 3.36. The van der Waals surface area contributed by atoms with E-state index in [1.54, 1.807) is 0 Å². The molecule has 0 saturated carbocycles. The van der Waals surface area contributed by atoms with Gasteiger partial charge in [-0.05, 0) is 30.9 Å². The number of amides is 1. The number of anilines is 1. The second-order valence-electron chi connectivity index (χ2n) is 7.40. The largest absolute Gasteiger partial charge is 0.393 e. The van der Waals surface area contributed by atoms with Crippen LogP contribution in [0.1, 0.15) is 64.4 Å². The smallest absolute Gasteiger partial charge is 0.227 e. The molecule has 0 spiro atoms. The van der Waals surface area contributed by atoms with Gasteiger partial charge in [0.25, 0.3) is 0 Å². The van der Waals surface area contributed by atoms with Gasteiger partial charge >= 0.3 is 0 Å². The number of unbranched alkanes of at least 4 members (excludes halogenated alkanes) is 3. The number of nitrogens with one attached hydrogen (secondary N) is 1. The third kappa shape index (κ3) is 6.79. The molecule has 0 bridgehead atoms. The van der Waals surface area contributed by atoms with E-state index in [1.165, 1.54) is 19.3 Å². The molecule has 1 saturated heterocycles. The van der Waals surface area contributed by atoms with Crippen LogP contribution in [0.25, 0.3) is 0 Å². The van der Waals surface area contributed by atoms with Crippen molar-refractivity contribution in [2.75, 3.05) is 18.4 Å². The average molecular weight is 347 g/mol. The topological polar surface area (TPSA) is 52.6 Å². The summed E-state index contributed by atoms with van der Waals surface area (Å²) in [6.45, 7) is 6.88. The Labute approximate surface area is 152 Å². The summed E-state index contributed by atoms with van der Waals surface area (Å²) in [5, 5.41) is 12.8. The number of para-hydroxylation sites is 1. The number of benzene rings is 1. The van der Waals surface area contributed by atoms with Crippen LogP contribution in [0.4, 0.5) is 5.69 Å². The molecule has 1 aliphatic heterocycles. The Hall–Kier alpha value is -1.39. The van der Waals surface area contributed by atoms with E-state index in [0.717, 1.165) is 56.6 Å². The Morgan fingerprint density at radius 2 is 1.96 bits per heavy atom. The Morgan fingerprint density at radius 1 is 1.24 bits per heavy atom. The van der Waals surface area contributed by atoms with Crippen molar-refractivity contribution in [1.29, 1.82) is 0 Å². The maximum Gasteiger partial charge on any atom is 0.227 e. The number of likely N-dealkylation sites (tertiary alicyclic amines) is 1. The van der Waals surface area contributed by atoms with Gasteiger partial charge in [-0.2, -0.15) is 0 Å². The minimum Gasteiger partial charge on any atom is -0.393 e. The van der Waals surface area contributed by atoms with Crippen LogP contribution in [0.5, 0.6) is 0 Å². The lowest BCUT2D eigenvalue weighted by molar-refractivity contribution is -0.119. The number of hydrogen-bond donors (Lipinski definition) is 2. The molecular weight excluding hydrogens is 312 g/mol. The first kappa shape index (κ1) is 19.9. The molecule has 1 unspecified atom stereocenters. The van der Waals surface area contributed by atoms with Gasteiger partial charge in [0.15, 0.2) is 0 Å². The standard InChI is InChI=1S/C21H34N2O2/c1-3-4-5-6-9-17(2)21(25)22-20-11-8-7-10-18(20)16-23-14-12-19(24)13-15-23/h7-8,10-11,17,19,24H,3-6,9,12-16H2,1-2H3,(H,22,25). The van der Waals surface area contributed by atoms with E-state index in [9.17, 15) is 9.90 Å². The van der Waals surface area contributed by atoms with Crippen molar-refractivity contribution >= 4 is 11.6 Å². The van der Waals surface area contributed by atoms with E-state index >= 15 is 0 Å². The van der Waals surface area contributed by atoms with Crippen LogP contribution in [0.15, 0.2) is 24.3 Å². The van der Waals surface area contributed by atoms with Crippen LogP contribution in [0.2, 0.25) is 0 Å². The van der Waals surface area contributed by atoms with Gasteiger partial charge in [-0.1, -0.05) is 57.7 Å². The van der Waals surface area contributed by atoms with Crippen LogP contribution in [0.3, 0.4) is 0 Å². The molecule has 4 nitrogen and oxygen atoms in total. The first-order valence-corrected chi connectivity index (χ1v) is 9.89. The number of carbonyl (C=O) groups is 1. The molecule has 0 aliphatic carbocycles. The maximum atomic E-state index is 12.5. The second-order valence-corrected chi connectivity index (χ2v) is 7.40. The third-order valence-electron chi connectivity index (χ3n) is 5.16. The highest BCUT2D eigenvalue weighted by Gasteiger charge is 2.19. The lowest BCUT2D eigenvalue weighted by Crippen LogP contribution is -2.35. The predicted octanol–water partition coefficient (Wildman–Crippen LogP) is 4.19. The first-order chi connectivity index (χ1) is 12.1. The van der Waals surface area contributed by atoms with Gasteiger partial charge in [0, 0.05) is 31.2 Å². The normalized spacial score (nSPS) is 17.4. The molecule has 1 atom stereocenters. The van der Waals surface area contributed by atoms with Crippen LogP contribution in [-0.2, 0) is 11.3 Å². The van der Waals surface area contributed by atoms with Crippen molar-refractivity contribution in [3.8, 4) is 0 Å². The van der Waals surface area contributed by atoms with E-state index in [2.05, 4.69) is 23.2 Å². The number of piperidine rings is 1. The van der Waals surface area contributed by atoms with Crippen LogP contribution in [0, 0.1) is 5.92 Å². The summed E-state index contributed by atoms with van der Waals surface area (Å²) >= 11 is 0. The molecule has 1 aromatic rings. The molecule has 2 N–H and O–H groups in total. The molecule has 2 rings (SSSR count). The van der Waals surface area contributed by atoms with Crippen molar-refractivity contribution in [3.63, 3.8) is 0 Å². The molecule has 1 aliphatic rings. The van der Waals surface area contributed by atoms with E-state index in [0.29, 0.717) is 0 Å². The van der Waals surface area contributed by atoms with E-state index < -0.39 is 0 Å². The predicted molar refractivity (Wildman–Crippen MR) is 104 cm³/mol. The summed E-state index contributed by atoms with van der Waals surface area (Å²) in [5.41, 5.74) is 2.09. The van der Waals surface area contributed by atoms with Gasteiger partial charge in [-0.3, -0.25) is 9.69 Å². The van der Waals surface area contributed by atoms with Crippen molar-refractivity contribution < 1.29 is 9.90 Å². The lowest BCUT2D eigenvalue weighted by atomic mass is 10.0. The molecule has 1 aromatic carbocycles. The number of aliphatic hydroxyl groups excluding tert-OH is 1. The zero-order valence-corrected chi connectivity index (χ0v) is 15.8. The van der Waals surface area contributed by atoms with E-state index in [1.807, 2.05) is 25.1 Å². The fraction of sp³-hybridized carbons (Fsp3) is 0.667. The van der Waals surface area contributed by atoms with Crippen molar-refractivity contribution in [1.82, 2.24) is 4.90 Å². The van der Waals surface area contributed by atoms with Gasteiger partial charge < -0.3 is 10.4 Å². The highest BCUT2D eigenvalue weighted by molar-refractivity contribution is 5.93. The van der Waals surface area contributed by atoms with Crippen molar-refractivity contribution in [2.45, 2.75) is 71.4 Å². The Bertz CT molecular complexity index is 524. The summed E-state index contributed by atoms with van der Waals surface area (Å²) in [7, 11) is 0. The zero-order valence-electron chi connectivity index (χ0n) is 15.8. The summed E-state index contributed by atoms with van der Waals surface area (Å²) in [4.78, 5) is 14.9. The number of rotatable bonds is 9. The number of hydrogen-bond acceptors (Lipinski definition) is 3. The lowest BCUT2D eigenvalue weighted by Gasteiger charge is -2.30. The van der Waals surface area contributed by atoms with Crippen LogP contribution in [-0.4, -0.2) is 35.1 Å². The molecule has 4 heteroatoms. The SMILES string of the molecule is CCCCCCC(C)C(=O)Nc1ccccc1CN1CCC(O)CC1. The molecule has 140 valence electrons. The van der Waals surface area contributed by atoms with Gasteiger partial charge in [0.1, 0.15) is 0 Å². The molecule has 1 fully saturated rings. The molecule has 1 amide bonds. The van der Waals surface area contributed by atoms with Crippen LogP contribution < -0.4 is 5.32 Å². The molecule has 0 aromatic heterocycles. The highest BCUT2D eigenvalue weighted by Crippen LogP contribution is 2.21. The highest BCUT2D eigenvalue weighted by atomic mass is 16.3. The Kier molecular flexibility index (Phi) is 8.42. The molecular formula is C21H34N2O2. The number of aliphatic hydroxyl groups is 1. The average Bonchev–Trinajstić information content (AvgIpc) is 2.62. The summed E-state index contributed by atoms with van der Waals surface area (Å²) in [6.07, 6.45) is 7.29. The quantitative estimate of drug-likeness (QED) is 0.659. The van der Waals surface area contributed by atoms with Gasteiger partial charge in [-0.25, -0.2) is 0 Å². The minimum absolute atomic E-state index is 0.0510. The fourth-order valence-corrected chi connectivity index (χ4v) is 3.36.